The number of hydrogen-bond donors (Lipinski definition) is 2. The maximum absolute atomic E-state index is 10.8. The highest BCUT2D eigenvalue weighted by molar-refractivity contribution is 5.47. The summed E-state index contributed by atoms with van der Waals surface area (Å²) < 4.78 is 10.6. The van der Waals surface area contributed by atoms with E-state index in [0.29, 0.717) is 23.6 Å². The van der Waals surface area contributed by atoms with E-state index in [1.807, 2.05) is 12.1 Å². The van der Waals surface area contributed by atoms with Crippen molar-refractivity contribution in [2.45, 2.75) is 13.1 Å². The van der Waals surface area contributed by atoms with E-state index in [-0.39, 0.29) is 18.0 Å². The Bertz CT molecular complexity index is 703. The Balaban J connectivity index is 2.09. The Hall–Kier alpha value is -2.80. The highest BCUT2D eigenvalue weighted by Crippen LogP contribution is 2.30. The van der Waals surface area contributed by atoms with Gasteiger partial charge in [-0.25, -0.2) is 0 Å². The molecule has 0 saturated heterocycles. The summed E-state index contributed by atoms with van der Waals surface area (Å²) in [5.74, 6) is 1.27. The van der Waals surface area contributed by atoms with Gasteiger partial charge < -0.3 is 19.9 Å². The third kappa shape index (κ3) is 3.89. The molecule has 122 valence electrons. The molecular weight excluding hydrogens is 300 g/mol. The van der Waals surface area contributed by atoms with Gasteiger partial charge in [0.05, 0.1) is 19.1 Å². The van der Waals surface area contributed by atoms with Crippen molar-refractivity contribution in [2.24, 2.45) is 0 Å². The van der Waals surface area contributed by atoms with Crippen LogP contribution >= 0.6 is 0 Å². The fourth-order valence-corrected chi connectivity index (χ4v) is 2.25. The molecule has 0 aliphatic rings. The highest BCUT2D eigenvalue weighted by Gasteiger charge is 2.12. The van der Waals surface area contributed by atoms with E-state index < -0.39 is 4.92 Å². The lowest BCUT2D eigenvalue weighted by Crippen LogP contribution is -2.14. The van der Waals surface area contributed by atoms with E-state index in [2.05, 4.69) is 5.32 Å². The van der Waals surface area contributed by atoms with Gasteiger partial charge in [0.1, 0.15) is 5.75 Å². The first-order valence-electron chi connectivity index (χ1n) is 6.93. The van der Waals surface area contributed by atoms with E-state index in [9.17, 15) is 15.2 Å². The minimum absolute atomic E-state index is 0.0145. The number of phenolic OH excluding ortho intramolecular Hbond substituents is 1. The third-order valence-corrected chi connectivity index (χ3v) is 3.39. The van der Waals surface area contributed by atoms with Crippen molar-refractivity contribution in [1.29, 1.82) is 0 Å². The Kier molecular flexibility index (Phi) is 5.37. The maximum Gasteiger partial charge on any atom is 0.270 e. The Morgan fingerprint density at radius 1 is 1.13 bits per heavy atom. The number of nitro benzene ring substituents is 1. The molecule has 0 aliphatic carbocycles. The minimum atomic E-state index is -0.492. The number of benzene rings is 2. The van der Waals surface area contributed by atoms with Crippen LogP contribution in [0.25, 0.3) is 0 Å². The van der Waals surface area contributed by atoms with E-state index in [1.165, 1.54) is 18.2 Å². The van der Waals surface area contributed by atoms with Gasteiger partial charge in [-0.2, -0.15) is 0 Å². The van der Waals surface area contributed by atoms with Crippen molar-refractivity contribution in [3.05, 3.63) is 57.6 Å². The van der Waals surface area contributed by atoms with Crippen LogP contribution in [0.2, 0.25) is 0 Å². The number of methoxy groups -OCH3 is 2. The van der Waals surface area contributed by atoms with Crippen LogP contribution in [-0.2, 0) is 13.1 Å². The summed E-state index contributed by atoms with van der Waals surface area (Å²) >= 11 is 0. The van der Waals surface area contributed by atoms with E-state index in [4.69, 9.17) is 9.47 Å². The molecule has 0 heterocycles. The molecule has 7 heteroatoms. The normalized spacial score (nSPS) is 10.3. The van der Waals surface area contributed by atoms with Gasteiger partial charge >= 0.3 is 0 Å². The second kappa shape index (κ2) is 7.46. The SMILES string of the molecule is COc1cccc(CNCc2cc([N+](=O)[O-])ccc2O)c1OC. The lowest BCUT2D eigenvalue weighted by atomic mass is 10.1. The first-order chi connectivity index (χ1) is 11.1. The molecule has 2 rings (SSSR count). The van der Waals surface area contributed by atoms with E-state index in [0.717, 1.165) is 5.56 Å². The standard InChI is InChI=1S/C16H18N2O5/c1-22-15-5-3-4-11(16(15)23-2)9-17-10-12-8-13(18(20)21)6-7-14(12)19/h3-8,17,19H,9-10H2,1-2H3. The van der Waals surface area contributed by atoms with Crippen LogP contribution in [0.3, 0.4) is 0 Å². The number of phenols is 1. The van der Waals surface area contributed by atoms with Gasteiger partial charge in [-0.15, -0.1) is 0 Å². The van der Waals surface area contributed by atoms with Crippen molar-refractivity contribution in [1.82, 2.24) is 5.32 Å². The first kappa shape index (κ1) is 16.6. The Morgan fingerprint density at radius 2 is 1.87 bits per heavy atom. The lowest BCUT2D eigenvalue weighted by molar-refractivity contribution is -0.384. The molecule has 0 amide bonds. The fourth-order valence-electron chi connectivity index (χ4n) is 2.25. The zero-order valence-corrected chi connectivity index (χ0v) is 12.9. The number of aromatic hydroxyl groups is 1. The van der Waals surface area contributed by atoms with E-state index >= 15 is 0 Å². The van der Waals surface area contributed by atoms with Crippen LogP contribution in [0, 0.1) is 10.1 Å². The molecule has 0 fully saturated rings. The lowest BCUT2D eigenvalue weighted by Gasteiger charge is -2.13. The quantitative estimate of drug-likeness (QED) is 0.602. The topological polar surface area (TPSA) is 93.9 Å². The van der Waals surface area contributed by atoms with Gasteiger partial charge in [-0.3, -0.25) is 10.1 Å². The molecule has 0 atom stereocenters. The maximum atomic E-state index is 10.8. The van der Waals surface area contributed by atoms with Crippen LogP contribution in [0.5, 0.6) is 17.2 Å². The summed E-state index contributed by atoms with van der Waals surface area (Å²) in [4.78, 5) is 10.3. The number of ether oxygens (including phenoxy) is 2. The smallest absolute Gasteiger partial charge is 0.270 e. The molecule has 0 radical (unpaired) electrons. The summed E-state index contributed by atoms with van der Waals surface area (Å²) in [5.41, 5.74) is 1.29. The zero-order chi connectivity index (χ0) is 16.8. The van der Waals surface area contributed by atoms with Crippen LogP contribution in [-0.4, -0.2) is 24.2 Å². The summed E-state index contributed by atoms with van der Waals surface area (Å²) in [6.07, 6.45) is 0. The summed E-state index contributed by atoms with van der Waals surface area (Å²) in [7, 11) is 3.13. The molecule has 2 N–H and O–H groups in total. The molecule has 0 aromatic heterocycles. The molecule has 0 bridgehead atoms. The number of hydrogen-bond acceptors (Lipinski definition) is 6. The zero-order valence-electron chi connectivity index (χ0n) is 12.9. The summed E-state index contributed by atoms with van der Waals surface area (Å²) in [6, 6.07) is 9.48. The number of rotatable bonds is 7. The van der Waals surface area contributed by atoms with Crippen molar-refractivity contribution in [3.63, 3.8) is 0 Å². The average molecular weight is 318 g/mol. The van der Waals surface area contributed by atoms with Gasteiger partial charge in [-0.05, 0) is 12.1 Å². The minimum Gasteiger partial charge on any atom is -0.508 e. The summed E-state index contributed by atoms with van der Waals surface area (Å²) in [6.45, 7) is 0.746. The molecule has 0 saturated carbocycles. The first-order valence-corrected chi connectivity index (χ1v) is 6.93. The van der Waals surface area contributed by atoms with Gasteiger partial charge in [0.2, 0.25) is 0 Å². The van der Waals surface area contributed by atoms with Gasteiger partial charge in [0, 0.05) is 36.3 Å². The average Bonchev–Trinajstić information content (AvgIpc) is 2.55. The molecule has 2 aromatic rings. The molecule has 23 heavy (non-hydrogen) atoms. The Labute approximate surface area is 133 Å². The molecule has 0 unspecified atom stereocenters. The number of para-hydroxylation sites is 1. The molecule has 0 aliphatic heterocycles. The monoisotopic (exact) mass is 318 g/mol. The van der Waals surface area contributed by atoms with Crippen LogP contribution in [0.4, 0.5) is 5.69 Å². The third-order valence-electron chi connectivity index (χ3n) is 3.39. The predicted octanol–water partition coefficient (Wildman–Crippen LogP) is 2.61. The molecule has 7 nitrogen and oxygen atoms in total. The number of nitrogens with one attached hydrogen (secondary N) is 1. The largest absolute Gasteiger partial charge is 0.508 e. The summed E-state index contributed by atoms with van der Waals surface area (Å²) in [5, 5.41) is 23.7. The highest BCUT2D eigenvalue weighted by atomic mass is 16.6. The van der Waals surface area contributed by atoms with Gasteiger partial charge in [0.25, 0.3) is 5.69 Å². The van der Waals surface area contributed by atoms with Crippen molar-refractivity contribution >= 4 is 5.69 Å². The number of nitrogens with zero attached hydrogens (tertiary/aromatic N) is 1. The van der Waals surface area contributed by atoms with Crippen molar-refractivity contribution in [3.8, 4) is 17.2 Å². The Morgan fingerprint density at radius 3 is 2.52 bits per heavy atom. The van der Waals surface area contributed by atoms with E-state index in [1.54, 1.807) is 20.3 Å². The number of non-ortho nitro benzene ring substituents is 1. The van der Waals surface area contributed by atoms with Crippen LogP contribution < -0.4 is 14.8 Å². The second-order valence-electron chi connectivity index (χ2n) is 4.83. The van der Waals surface area contributed by atoms with Crippen LogP contribution in [0.1, 0.15) is 11.1 Å². The molecule has 2 aromatic carbocycles. The predicted molar refractivity (Wildman–Crippen MR) is 84.9 cm³/mol. The molecule has 0 spiro atoms. The molecular formula is C16H18N2O5. The van der Waals surface area contributed by atoms with Crippen molar-refractivity contribution < 1.29 is 19.5 Å². The second-order valence-corrected chi connectivity index (χ2v) is 4.83. The van der Waals surface area contributed by atoms with Crippen LogP contribution in [0.15, 0.2) is 36.4 Å². The number of nitro groups is 1. The van der Waals surface area contributed by atoms with Crippen molar-refractivity contribution in [2.75, 3.05) is 14.2 Å². The van der Waals surface area contributed by atoms with Gasteiger partial charge in [-0.1, -0.05) is 12.1 Å². The fraction of sp³-hybridized carbons (Fsp3) is 0.250. The van der Waals surface area contributed by atoms with Gasteiger partial charge in [0.15, 0.2) is 11.5 Å².